The van der Waals surface area contributed by atoms with E-state index in [0.717, 1.165) is 35.3 Å². The highest BCUT2D eigenvalue weighted by molar-refractivity contribution is 7.89. The minimum atomic E-state index is -3.69. The average Bonchev–Trinajstić information content (AvgIpc) is 3.01. The lowest BCUT2D eigenvalue weighted by atomic mass is 9.89. The van der Waals surface area contributed by atoms with Crippen molar-refractivity contribution >= 4 is 31.6 Å². The molecular weight excluding hydrogens is 392 g/mol. The van der Waals surface area contributed by atoms with Crippen molar-refractivity contribution in [1.82, 2.24) is 9.29 Å². The van der Waals surface area contributed by atoms with Gasteiger partial charge in [0.2, 0.25) is 10.0 Å². The maximum absolute atomic E-state index is 12.9. The molecule has 0 saturated heterocycles. The summed E-state index contributed by atoms with van der Waals surface area (Å²) < 4.78 is 31.0. The molecule has 28 heavy (non-hydrogen) atoms. The largest absolute Gasteiger partial charge is 0.308 e. The minimum Gasteiger partial charge on any atom is -0.299 e. The standard InChI is InChI=1S/C21H24N2O3S2/c1-3-23-19-11-10-18(13-20(19)27-21(23)24)28(25,26)22-14(2)16-9-8-15-6-4-5-7-17(15)12-16/h8-14,22H,3-7H2,1-2H3/t14-/m0/s1. The SMILES string of the molecule is CCn1c(=O)sc2cc(S(=O)(=O)N[C@@H](C)c3ccc4c(c3)CCCC4)ccc21. The molecule has 1 aliphatic rings. The fourth-order valence-corrected chi connectivity index (χ4v) is 6.23. The van der Waals surface area contributed by atoms with Crippen LogP contribution in [-0.4, -0.2) is 13.0 Å². The molecule has 0 spiro atoms. The molecular formula is C21H24N2O3S2. The van der Waals surface area contributed by atoms with Gasteiger partial charge in [0.1, 0.15) is 0 Å². The molecule has 1 aliphatic carbocycles. The Balaban J connectivity index is 1.61. The number of fused-ring (bicyclic) bond motifs is 2. The summed E-state index contributed by atoms with van der Waals surface area (Å²) in [6, 6.07) is 10.8. The van der Waals surface area contributed by atoms with Crippen molar-refractivity contribution in [2.24, 2.45) is 0 Å². The molecule has 4 rings (SSSR count). The first-order valence-corrected chi connectivity index (χ1v) is 12.0. The Bertz CT molecular complexity index is 1190. The van der Waals surface area contributed by atoms with Crippen LogP contribution in [0.1, 0.15) is 49.4 Å². The normalized spacial score (nSPS) is 15.5. The predicted octanol–water partition coefficient (Wildman–Crippen LogP) is 4.00. The van der Waals surface area contributed by atoms with Crippen LogP contribution in [0.3, 0.4) is 0 Å². The summed E-state index contributed by atoms with van der Waals surface area (Å²) in [6.45, 7) is 4.34. The molecule has 1 heterocycles. The van der Waals surface area contributed by atoms with Gasteiger partial charge in [-0.05, 0) is 74.4 Å². The van der Waals surface area contributed by atoms with Crippen LogP contribution in [-0.2, 0) is 29.4 Å². The van der Waals surface area contributed by atoms with E-state index in [4.69, 9.17) is 0 Å². The second kappa shape index (κ2) is 7.46. The van der Waals surface area contributed by atoms with E-state index < -0.39 is 10.0 Å². The Kier molecular flexibility index (Phi) is 5.16. The number of benzene rings is 2. The number of hydrogen-bond acceptors (Lipinski definition) is 4. The highest BCUT2D eigenvalue weighted by Crippen LogP contribution is 2.27. The molecule has 5 nitrogen and oxygen atoms in total. The number of aryl methyl sites for hydroxylation is 3. The lowest BCUT2D eigenvalue weighted by Crippen LogP contribution is -2.27. The first kappa shape index (κ1) is 19.4. The van der Waals surface area contributed by atoms with Gasteiger partial charge in [-0.2, -0.15) is 0 Å². The summed E-state index contributed by atoms with van der Waals surface area (Å²) >= 11 is 1.08. The highest BCUT2D eigenvalue weighted by Gasteiger charge is 2.21. The number of nitrogens with one attached hydrogen (secondary N) is 1. The maximum Gasteiger partial charge on any atom is 0.308 e. The van der Waals surface area contributed by atoms with E-state index in [2.05, 4.69) is 16.9 Å². The number of hydrogen-bond donors (Lipinski definition) is 1. The topological polar surface area (TPSA) is 68.2 Å². The zero-order valence-corrected chi connectivity index (χ0v) is 17.7. The summed E-state index contributed by atoms with van der Waals surface area (Å²) in [6.07, 6.45) is 4.59. The van der Waals surface area contributed by atoms with E-state index >= 15 is 0 Å². The molecule has 0 fully saturated rings. The van der Waals surface area contributed by atoms with E-state index in [-0.39, 0.29) is 15.8 Å². The lowest BCUT2D eigenvalue weighted by Gasteiger charge is -2.20. The van der Waals surface area contributed by atoms with Crippen molar-refractivity contribution in [2.75, 3.05) is 0 Å². The molecule has 0 saturated carbocycles. The van der Waals surface area contributed by atoms with Gasteiger partial charge in [0.05, 0.1) is 15.1 Å². The van der Waals surface area contributed by atoms with Gasteiger partial charge in [-0.25, -0.2) is 13.1 Å². The van der Waals surface area contributed by atoms with E-state index in [9.17, 15) is 13.2 Å². The lowest BCUT2D eigenvalue weighted by molar-refractivity contribution is 0.566. The van der Waals surface area contributed by atoms with Crippen molar-refractivity contribution < 1.29 is 8.42 Å². The van der Waals surface area contributed by atoms with Crippen LogP contribution in [0.5, 0.6) is 0 Å². The summed E-state index contributed by atoms with van der Waals surface area (Å²) in [5.41, 5.74) is 4.47. The first-order valence-electron chi connectivity index (χ1n) is 9.66. The van der Waals surface area contributed by atoms with E-state index in [0.29, 0.717) is 11.2 Å². The summed E-state index contributed by atoms with van der Waals surface area (Å²) in [4.78, 5) is 12.1. The summed E-state index contributed by atoms with van der Waals surface area (Å²) in [5, 5.41) is 0. The van der Waals surface area contributed by atoms with Gasteiger partial charge >= 0.3 is 4.87 Å². The smallest absolute Gasteiger partial charge is 0.299 e. The van der Waals surface area contributed by atoms with Crippen LogP contribution in [0, 0.1) is 0 Å². The monoisotopic (exact) mass is 416 g/mol. The number of aromatic nitrogens is 1. The molecule has 1 atom stereocenters. The number of nitrogens with zero attached hydrogens (tertiary/aromatic N) is 1. The van der Waals surface area contributed by atoms with Crippen molar-refractivity contribution in [2.45, 2.75) is 57.0 Å². The van der Waals surface area contributed by atoms with Crippen LogP contribution in [0.25, 0.3) is 10.2 Å². The van der Waals surface area contributed by atoms with Crippen LogP contribution in [0.2, 0.25) is 0 Å². The molecule has 0 bridgehead atoms. The average molecular weight is 417 g/mol. The predicted molar refractivity (Wildman–Crippen MR) is 114 cm³/mol. The van der Waals surface area contributed by atoms with Crippen LogP contribution >= 0.6 is 11.3 Å². The second-order valence-corrected chi connectivity index (χ2v) is 10.0. The van der Waals surface area contributed by atoms with Crippen LogP contribution in [0.4, 0.5) is 0 Å². The molecule has 0 radical (unpaired) electrons. The first-order chi connectivity index (χ1) is 13.4. The molecule has 0 aliphatic heterocycles. The van der Waals surface area contributed by atoms with Crippen molar-refractivity contribution in [3.05, 3.63) is 62.8 Å². The van der Waals surface area contributed by atoms with Crippen molar-refractivity contribution in [3.8, 4) is 0 Å². The van der Waals surface area contributed by atoms with E-state index in [1.807, 2.05) is 19.9 Å². The zero-order chi connectivity index (χ0) is 19.9. The van der Waals surface area contributed by atoms with Gasteiger partial charge in [-0.1, -0.05) is 29.5 Å². The third kappa shape index (κ3) is 3.54. The van der Waals surface area contributed by atoms with E-state index in [1.54, 1.807) is 22.8 Å². The van der Waals surface area contributed by atoms with Gasteiger partial charge in [0, 0.05) is 12.6 Å². The zero-order valence-electron chi connectivity index (χ0n) is 16.1. The van der Waals surface area contributed by atoms with Crippen molar-refractivity contribution in [3.63, 3.8) is 0 Å². The molecule has 7 heteroatoms. The number of thiazole rings is 1. The van der Waals surface area contributed by atoms with Gasteiger partial charge in [0.25, 0.3) is 0 Å². The second-order valence-electron chi connectivity index (χ2n) is 7.32. The van der Waals surface area contributed by atoms with Gasteiger partial charge in [-0.3, -0.25) is 9.36 Å². The van der Waals surface area contributed by atoms with Crippen molar-refractivity contribution in [1.29, 1.82) is 0 Å². The van der Waals surface area contributed by atoms with Gasteiger partial charge < -0.3 is 0 Å². The third-order valence-corrected chi connectivity index (χ3v) is 7.95. The molecule has 1 aromatic heterocycles. The fraction of sp³-hybridized carbons (Fsp3) is 0.381. The molecule has 0 unspecified atom stereocenters. The molecule has 2 aromatic carbocycles. The Morgan fingerprint density at radius 2 is 1.86 bits per heavy atom. The Labute approximate surface area is 169 Å². The van der Waals surface area contributed by atoms with Gasteiger partial charge in [0.15, 0.2) is 0 Å². The Morgan fingerprint density at radius 1 is 1.11 bits per heavy atom. The van der Waals surface area contributed by atoms with Gasteiger partial charge in [-0.15, -0.1) is 0 Å². The highest BCUT2D eigenvalue weighted by atomic mass is 32.2. The molecule has 0 amide bonds. The number of rotatable bonds is 5. The molecule has 148 valence electrons. The summed E-state index contributed by atoms with van der Waals surface area (Å²) in [5.74, 6) is 0. The molecule has 3 aromatic rings. The molecule has 1 N–H and O–H groups in total. The third-order valence-electron chi connectivity index (χ3n) is 5.47. The summed E-state index contributed by atoms with van der Waals surface area (Å²) in [7, 11) is -3.69. The Morgan fingerprint density at radius 3 is 2.61 bits per heavy atom. The van der Waals surface area contributed by atoms with Crippen LogP contribution < -0.4 is 9.60 Å². The van der Waals surface area contributed by atoms with E-state index in [1.165, 1.54) is 24.0 Å². The Hall–Kier alpha value is -1.96. The van der Waals surface area contributed by atoms with Crippen LogP contribution in [0.15, 0.2) is 46.1 Å². The quantitative estimate of drug-likeness (QED) is 0.683. The number of sulfonamides is 1. The fourth-order valence-electron chi connectivity index (χ4n) is 3.90. The maximum atomic E-state index is 12.9. The minimum absolute atomic E-state index is 0.0672.